The summed E-state index contributed by atoms with van der Waals surface area (Å²) in [6.45, 7) is 0. The van der Waals surface area contributed by atoms with Gasteiger partial charge in [0.05, 0.1) is 17.4 Å². The minimum Gasteiger partial charge on any atom is -0.354 e. The van der Waals surface area contributed by atoms with Crippen LogP contribution in [0.25, 0.3) is 32.8 Å². The fourth-order valence-corrected chi connectivity index (χ4v) is 2.28. The lowest BCUT2D eigenvalue weighted by atomic mass is 10.1. The average Bonchev–Trinajstić information content (AvgIpc) is 2.88. The van der Waals surface area contributed by atoms with Gasteiger partial charge in [0, 0.05) is 21.8 Å². The molecule has 0 aliphatic carbocycles. The van der Waals surface area contributed by atoms with Crippen molar-refractivity contribution in [2.75, 3.05) is 0 Å². The van der Waals surface area contributed by atoms with Crippen molar-refractivity contribution in [2.45, 2.75) is 0 Å². The van der Waals surface area contributed by atoms with Gasteiger partial charge in [-0.05, 0) is 18.2 Å². The Bertz CT molecular complexity index is 808. The number of nitrogens with zero attached hydrogens (tertiary/aromatic N) is 1. The first kappa shape index (κ1) is 7.93. The number of aromatic nitrogens is 3. The quantitative estimate of drug-likeness (QED) is 0.457. The highest BCUT2D eigenvalue weighted by atomic mass is 14.9. The van der Waals surface area contributed by atoms with E-state index in [0.29, 0.717) is 0 Å². The normalized spacial score (nSPS) is 11.8. The molecule has 0 radical (unpaired) electrons. The highest BCUT2D eigenvalue weighted by molar-refractivity contribution is 6.10. The molecule has 0 aliphatic heterocycles. The zero-order valence-electron chi connectivity index (χ0n) is 8.49. The van der Waals surface area contributed by atoms with Crippen LogP contribution in [-0.2, 0) is 0 Å². The van der Waals surface area contributed by atoms with Crippen LogP contribution < -0.4 is 0 Å². The van der Waals surface area contributed by atoms with Gasteiger partial charge >= 0.3 is 0 Å². The van der Waals surface area contributed by atoms with Crippen molar-refractivity contribution in [3.63, 3.8) is 0 Å². The van der Waals surface area contributed by atoms with Crippen LogP contribution in [0.2, 0.25) is 0 Å². The lowest BCUT2D eigenvalue weighted by Gasteiger charge is -1.91. The van der Waals surface area contributed by atoms with Crippen LogP contribution in [0.5, 0.6) is 0 Å². The molecule has 76 valence electrons. The molecular weight excluding hydrogens is 198 g/mol. The van der Waals surface area contributed by atoms with Crippen molar-refractivity contribution in [1.82, 2.24) is 15.0 Å². The second-order valence-corrected chi connectivity index (χ2v) is 3.99. The maximum atomic E-state index is 4.26. The molecule has 0 amide bonds. The summed E-state index contributed by atoms with van der Waals surface area (Å²) in [6, 6.07) is 12.6. The molecule has 3 nitrogen and oxygen atoms in total. The van der Waals surface area contributed by atoms with Gasteiger partial charge in [0.1, 0.15) is 0 Å². The molecule has 4 rings (SSSR count). The van der Waals surface area contributed by atoms with Crippen molar-refractivity contribution < 1.29 is 0 Å². The Morgan fingerprint density at radius 1 is 0.875 bits per heavy atom. The zero-order chi connectivity index (χ0) is 10.5. The summed E-state index contributed by atoms with van der Waals surface area (Å²) in [5.41, 5.74) is 4.39. The highest BCUT2D eigenvalue weighted by Gasteiger charge is 2.05. The molecule has 0 aliphatic rings. The largest absolute Gasteiger partial charge is 0.354 e. The van der Waals surface area contributed by atoms with Crippen LogP contribution in [0.3, 0.4) is 0 Å². The van der Waals surface area contributed by atoms with E-state index in [0.717, 1.165) is 16.6 Å². The Balaban J connectivity index is 2.32. The number of rotatable bonds is 0. The van der Waals surface area contributed by atoms with Crippen LogP contribution in [-0.4, -0.2) is 15.0 Å². The zero-order valence-corrected chi connectivity index (χ0v) is 8.49. The molecule has 2 aromatic heterocycles. The third-order valence-electron chi connectivity index (χ3n) is 3.05. The van der Waals surface area contributed by atoms with Crippen molar-refractivity contribution in [2.24, 2.45) is 0 Å². The summed E-state index contributed by atoms with van der Waals surface area (Å²) in [4.78, 5) is 10.8. The summed E-state index contributed by atoms with van der Waals surface area (Å²) >= 11 is 0. The first-order valence-corrected chi connectivity index (χ1v) is 5.25. The number of nitrogens with one attached hydrogen (secondary N) is 2. The average molecular weight is 207 g/mol. The predicted octanol–water partition coefficient (Wildman–Crippen LogP) is 3.20. The van der Waals surface area contributed by atoms with Gasteiger partial charge < -0.3 is 9.97 Å². The summed E-state index contributed by atoms with van der Waals surface area (Å²) in [6.07, 6.45) is 1.73. The molecule has 0 bridgehead atoms. The second-order valence-electron chi connectivity index (χ2n) is 3.99. The van der Waals surface area contributed by atoms with Gasteiger partial charge in [-0.2, -0.15) is 0 Å². The highest BCUT2D eigenvalue weighted by Crippen LogP contribution is 2.27. The van der Waals surface area contributed by atoms with E-state index in [4.69, 9.17) is 0 Å². The van der Waals surface area contributed by atoms with Crippen molar-refractivity contribution in [1.29, 1.82) is 0 Å². The van der Waals surface area contributed by atoms with Crippen LogP contribution >= 0.6 is 0 Å². The van der Waals surface area contributed by atoms with Crippen molar-refractivity contribution >= 4 is 32.8 Å². The Morgan fingerprint density at radius 3 is 2.81 bits per heavy atom. The van der Waals surface area contributed by atoms with E-state index in [1.54, 1.807) is 6.33 Å². The minimum atomic E-state index is 0.999. The molecule has 3 heteroatoms. The van der Waals surface area contributed by atoms with Gasteiger partial charge in [0.25, 0.3) is 0 Å². The Kier molecular flexibility index (Phi) is 1.31. The molecule has 0 spiro atoms. The Labute approximate surface area is 91.1 Å². The number of hydrogen-bond acceptors (Lipinski definition) is 1. The summed E-state index contributed by atoms with van der Waals surface area (Å²) in [5.74, 6) is 0. The van der Waals surface area contributed by atoms with E-state index < -0.39 is 0 Å². The van der Waals surface area contributed by atoms with Crippen LogP contribution in [0, 0.1) is 0 Å². The maximum Gasteiger partial charge on any atom is 0.0931 e. The fourth-order valence-electron chi connectivity index (χ4n) is 2.28. The number of hydrogen-bond donors (Lipinski definition) is 2. The molecule has 16 heavy (non-hydrogen) atoms. The molecule has 0 atom stereocenters. The van der Waals surface area contributed by atoms with Gasteiger partial charge in [-0.1, -0.05) is 18.2 Å². The summed E-state index contributed by atoms with van der Waals surface area (Å²) < 4.78 is 0. The van der Waals surface area contributed by atoms with E-state index in [9.17, 15) is 0 Å². The van der Waals surface area contributed by atoms with Crippen LogP contribution in [0.15, 0.2) is 42.7 Å². The molecule has 0 fully saturated rings. The van der Waals surface area contributed by atoms with Gasteiger partial charge in [-0.25, -0.2) is 4.98 Å². The molecular formula is C13H9N3. The standard InChI is InChI=1S/C13H9N3/c1-2-4-10-8(3-1)9-5-12-13(15-7-14-12)6-11(9)16-10/h1-7,16H,(H,14,15). The van der Waals surface area contributed by atoms with Crippen LogP contribution in [0.4, 0.5) is 0 Å². The van der Waals surface area contributed by atoms with Crippen molar-refractivity contribution in [3.05, 3.63) is 42.7 Å². The number of benzene rings is 2. The lowest BCUT2D eigenvalue weighted by molar-refractivity contribution is 1.34. The molecule has 2 aromatic carbocycles. The molecule has 2 heterocycles. The molecule has 0 saturated carbocycles. The smallest absolute Gasteiger partial charge is 0.0931 e. The topological polar surface area (TPSA) is 44.5 Å². The number of imidazole rings is 1. The van der Waals surface area contributed by atoms with Gasteiger partial charge in [0.2, 0.25) is 0 Å². The van der Waals surface area contributed by atoms with Gasteiger partial charge in [0.15, 0.2) is 0 Å². The van der Waals surface area contributed by atoms with E-state index in [-0.39, 0.29) is 0 Å². The van der Waals surface area contributed by atoms with E-state index in [1.165, 1.54) is 16.3 Å². The lowest BCUT2D eigenvalue weighted by Crippen LogP contribution is -1.71. The van der Waals surface area contributed by atoms with Crippen LogP contribution in [0.1, 0.15) is 0 Å². The molecule has 4 aromatic rings. The maximum absolute atomic E-state index is 4.26. The van der Waals surface area contributed by atoms with Gasteiger partial charge in [-0.15, -0.1) is 0 Å². The van der Waals surface area contributed by atoms with E-state index >= 15 is 0 Å². The third kappa shape index (κ3) is 0.896. The Morgan fingerprint density at radius 2 is 1.81 bits per heavy atom. The number of aromatic amines is 2. The first-order valence-electron chi connectivity index (χ1n) is 5.25. The molecule has 2 N–H and O–H groups in total. The molecule has 0 unspecified atom stereocenters. The fraction of sp³-hybridized carbons (Fsp3) is 0. The third-order valence-corrected chi connectivity index (χ3v) is 3.05. The molecule has 0 saturated heterocycles. The number of para-hydroxylation sites is 1. The SMILES string of the molecule is c1ccc2c(c1)[nH]c1cc3nc[nH]c3cc12. The summed E-state index contributed by atoms with van der Waals surface area (Å²) in [5, 5.41) is 2.50. The monoisotopic (exact) mass is 207 g/mol. The predicted molar refractivity (Wildman–Crippen MR) is 65.5 cm³/mol. The minimum absolute atomic E-state index is 0.999. The first-order chi connectivity index (χ1) is 7.92. The Hall–Kier alpha value is -2.29. The van der Waals surface area contributed by atoms with E-state index in [1.807, 2.05) is 6.07 Å². The second kappa shape index (κ2) is 2.64. The van der Waals surface area contributed by atoms with E-state index in [2.05, 4.69) is 45.3 Å². The number of fused-ring (bicyclic) bond motifs is 4. The van der Waals surface area contributed by atoms with Gasteiger partial charge in [-0.3, -0.25) is 0 Å². The van der Waals surface area contributed by atoms with Crippen molar-refractivity contribution in [3.8, 4) is 0 Å². The number of H-pyrrole nitrogens is 2. The summed E-state index contributed by atoms with van der Waals surface area (Å²) in [7, 11) is 0.